The summed E-state index contributed by atoms with van der Waals surface area (Å²) in [7, 11) is 0. The molecule has 0 amide bonds. The minimum absolute atomic E-state index is 0.101. The Bertz CT molecular complexity index is 791. The monoisotopic (exact) mass is 358 g/mol. The molecule has 8 heteroatoms. The molecule has 0 bridgehead atoms. The summed E-state index contributed by atoms with van der Waals surface area (Å²) in [6.45, 7) is 0. The van der Waals surface area contributed by atoms with Gasteiger partial charge in [0.2, 0.25) is 0 Å². The van der Waals surface area contributed by atoms with Gasteiger partial charge in [-0.15, -0.1) is 0 Å². The van der Waals surface area contributed by atoms with E-state index in [9.17, 15) is 20.2 Å². The molecule has 1 heterocycles. The van der Waals surface area contributed by atoms with Crippen molar-refractivity contribution in [1.82, 2.24) is 0 Å². The minimum Gasteiger partial charge on any atom is -0.258 e. The van der Waals surface area contributed by atoms with Crippen molar-refractivity contribution in [3.63, 3.8) is 0 Å². The first-order valence-electron chi connectivity index (χ1n) is 6.82. The Kier molecular flexibility index (Phi) is 4.68. The van der Waals surface area contributed by atoms with Crippen LogP contribution in [0.2, 0.25) is 0 Å². The lowest BCUT2D eigenvalue weighted by atomic mass is 10.2. The van der Waals surface area contributed by atoms with Crippen LogP contribution in [0.1, 0.15) is 11.1 Å². The van der Waals surface area contributed by atoms with Crippen molar-refractivity contribution in [3.05, 3.63) is 102 Å². The van der Waals surface area contributed by atoms with E-state index in [4.69, 9.17) is 0 Å². The highest BCUT2D eigenvalue weighted by atomic mass is 32.2. The number of hydrogen-bond donors (Lipinski definition) is 0. The van der Waals surface area contributed by atoms with Crippen LogP contribution < -0.4 is 0 Å². The van der Waals surface area contributed by atoms with Crippen molar-refractivity contribution in [2.45, 2.75) is 0 Å². The summed E-state index contributed by atoms with van der Waals surface area (Å²) in [4.78, 5) is 22.6. The molecule has 2 aromatic rings. The zero-order valence-electron chi connectivity index (χ0n) is 12.1. The van der Waals surface area contributed by atoms with Crippen molar-refractivity contribution in [2.24, 2.45) is 0 Å². The summed E-state index contributed by atoms with van der Waals surface area (Å²) >= 11 is 1.66. The Hall–Kier alpha value is -2.58. The van der Waals surface area contributed by atoms with Gasteiger partial charge in [0.1, 0.15) is 9.81 Å². The molecule has 6 nitrogen and oxygen atoms in total. The summed E-state index contributed by atoms with van der Waals surface area (Å²) in [6.07, 6.45) is 0. The predicted molar refractivity (Wildman–Crippen MR) is 95.9 cm³/mol. The summed E-state index contributed by atoms with van der Waals surface area (Å²) in [5.74, 6) is 0. The number of thioether (sulfide) groups is 2. The van der Waals surface area contributed by atoms with E-state index in [0.29, 0.717) is 11.1 Å². The molecule has 0 unspecified atom stereocenters. The van der Waals surface area contributed by atoms with E-state index in [-0.39, 0.29) is 19.9 Å². The van der Waals surface area contributed by atoms with Gasteiger partial charge in [-0.25, -0.2) is 0 Å². The lowest BCUT2D eigenvalue weighted by Gasteiger charge is -2.15. The van der Waals surface area contributed by atoms with Gasteiger partial charge in [-0.2, -0.15) is 0 Å². The quantitative estimate of drug-likeness (QED) is 0.583. The molecule has 1 aliphatic heterocycles. The SMILES string of the molecule is O=[N+]([O-])C1=C(c2ccccc2)SC([N+](=O)[O-])=C(c2ccccc2)S1. The van der Waals surface area contributed by atoms with E-state index in [1.54, 1.807) is 60.7 Å². The maximum atomic E-state index is 11.5. The number of rotatable bonds is 4. The average molecular weight is 358 g/mol. The number of hydrogen-bond acceptors (Lipinski definition) is 6. The minimum atomic E-state index is -0.486. The number of nitro groups is 2. The molecular formula is C16H10N2O4S2. The molecule has 0 N–H and O–H groups in total. The van der Waals surface area contributed by atoms with Crippen LogP contribution in [0.3, 0.4) is 0 Å². The maximum Gasteiger partial charge on any atom is 0.322 e. The fourth-order valence-corrected chi connectivity index (χ4v) is 4.45. The van der Waals surface area contributed by atoms with E-state index in [1.165, 1.54) is 0 Å². The summed E-state index contributed by atoms with van der Waals surface area (Å²) in [5.41, 5.74) is 1.18. The molecule has 24 heavy (non-hydrogen) atoms. The molecule has 1 aliphatic rings. The van der Waals surface area contributed by atoms with Crippen molar-refractivity contribution >= 4 is 33.3 Å². The second kappa shape index (κ2) is 6.90. The first kappa shape index (κ1) is 16.3. The van der Waals surface area contributed by atoms with Crippen LogP contribution in [0, 0.1) is 20.2 Å². The van der Waals surface area contributed by atoms with Gasteiger partial charge >= 0.3 is 10.1 Å². The van der Waals surface area contributed by atoms with Crippen LogP contribution in [0.15, 0.2) is 70.7 Å². The van der Waals surface area contributed by atoms with Gasteiger partial charge in [0.25, 0.3) is 0 Å². The van der Waals surface area contributed by atoms with Crippen LogP contribution in [0.25, 0.3) is 9.81 Å². The Morgan fingerprint density at radius 2 is 0.958 bits per heavy atom. The van der Waals surface area contributed by atoms with Crippen LogP contribution >= 0.6 is 23.5 Å². The largest absolute Gasteiger partial charge is 0.322 e. The average Bonchev–Trinajstić information content (AvgIpc) is 2.62. The highest BCUT2D eigenvalue weighted by molar-refractivity contribution is 8.19. The lowest BCUT2D eigenvalue weighted by Crippen LogP contribution is -2.07. The second-order valence-corrected chi connectivity index (χ2v) is 6.72. The smallest absolute Gasteiger partial charge is 0.258 e. The fraction of sp³-hybridized carbons (Fsp3) is 0. The van der Waals surface area contributed by atoms with Crippen LogP contribution in [0.5, 0.6) is 0 Å². The Morgan fingerprint density at radius 3 is 1.25 bits per heavy atom. The Labute approximate surface area is 145 Å². The van der Waals surface area contributed by atoms with E-state index < -0.39 is 9.85 Å². The second-order valence-electron chi connectivity index (χ2n) is 4.72. The molecule has 0 atom stereocenters. The van der Waals surface area contributed by atoms with E-state index in [2.05, 4.69) is 0 Å². The molecule has 0 radical (unpaired) electrons. The lowest BCUT2D eigenvalue weighted by molar-refractivity contribution is -0.411. The molecule has 0 spiro atoms. The fourth-order valence-electron chi connectivity index (χ4n) is 2.16. The molecule has 0 aliphatic carbocycles. The van der Waals surface area contributed by atoms with Crippen molar-refractivity contribution < 1.29 is 9.85 Å². The topological polar surface area (TPSA) is 86.3 Å². The number of benzene rings is 2. The van der Waals surface area contributed by atoms with Crippen LogP contribution in [-0.4, -0.2) is 9.85 Å². The van der Waals surface area contributed by atoms with Crippen LogP contribution in [-0.2, 0) is 0 Å². The highest BCUT2D eigenvalue weighted by Crippen LogP contribution is 2.52. The Balaban J connectivity index is 2.13. The van der Waals surface area contributed by atoms with Gasteiger partial charge in [-0.05, 0) is 34.7 Å². The summed E-state index contributed by atoms with van der Waals surface area (Å²) in [5, 5.41) is 22.8. The molecule has 2 aromatic carbocycles. The summed E-state index contributed by atoms with van der Waals surface area (Å²) < 4.78 is 0. The third-order valence-electron chi connectivity index (χ3n) is 3.19. The van der Waals surface area contributed by atoms with Crippen molar-refractivity contribution in [1.29, 1.82) is 0 Å². The van der Waals surface area contributed by atoms with Gasteiger partial charge < -0.3 is 0 Å². The first-order valence-corrected chi connectivity index (χ1v) is 8.45. The molecular weight excluding hydrogens is 348 g/mol. The maximum absolute atomic E-state index is 11.5. The zero-order chi connectivity index (χ0) is 17.1. The van der Waals surface area contributed by atoms with E-state index in [0.717, 1.165) is 23.5 Å². The highest BCUT2D eigenvalue weighted by Gasteiger charge is 2.37. The molecule has 0 fully saturated rings. The van der Waals surface area contributed by atoms with Gasteiger partial charge in [0.15, 0.2) is 0 Å². The summed E-state index contributed by atoms with van der Waals surface area (Å²) in [6, 6.07) is 17.4. The van der Waals surface area contributed by atoms with Gasteiger partial charge in [-0.3, -0.25) is 20.2 Å². The predicted octanol–water partition coefficient (Wildman–Crippen LogP) is 4.67. The van der Waals surface area contributed by atoms with Crippen LogP contribution in [0.4, 0.5) is 0 Å². The van der Waals surface area contributed by atoms with E-state index >= 15 is 0 Å². The third-order valence-corrected chi connectivity index (χ3v) is 5.81. The number of nitrogens with zero attached hydrogens (tertiary/aromatic N) is 2. The normalized spacial score (nSPS) is 14.7. The van der Waals surface area contributed by atoms with E-state index in [1.807, 2.05) is 0 Å². The molecule has 0 saturated heterocycles. The third kappa shape index (κ3) is 3.19. The standard InChI is InChI=1S/C16H10N2O4S2/c19-17(20)15-13(11-7-3-1-4-8-11)23-16(18(21)22)14(24-15)12-9-5-2-6-10-12/h1-10H. The molecule has 120 valence electrons. The Morgan fingerprint density at radius 1 is 0.625 bits per heavy atom. The molecule has 3 rings (SSSR count). The van der Waals surface area contributed by atoms with Gasteiger partial charge in [-0.1, -0.05) is 60.7 Å². The van der Waals surface area contributed by atoms with Gasteiger partial charge in [0.05, 0.1) is 9.85 Å². The van der Waals surface area contributed by atoms with Gasteiger partial charge in [0, 0.05) is 0 Å². The first-order chi connectivity index (χ1) is 11.6. The molecule has 0 aromatic heterocycles. The molecule has 0 saturated carbocycles. The van der Waals surface area contributed by atoms with Crippen molar-refractivity contribution in [2.75, 3.05) is 0 Å². The zero-order valence-corrected chi connectivity index (χ0v) is 13.8. The van der Waals surface area contributed by atoms with Crippen molar-refractivity contribution in [3.8, 4) is 0 Å².